The van der Waals surface area contributed by atoms with Gasteiger partial charge in [0.1, 0.15) is 6.61 Å². The zero-order valence-electron chi connectivity index (χ0n) is 19.6. The van der Waals surface area contributed by atoms with E-state index in [9.17, 15) is 19.5 Å². The largest absolute Gasteiger partial charge is 0.479 e. The first-order chi connectivity index (χ1) is 16.8. The zero-order chi connectivity index (χ0) is 25.0. The van der Waals surface area contributed by atoms with Crippen LogP contribution in [0, 0.1) is 5.41 Å². The normalized spacial score (nSPS) is 13.4. The van der Waals surface area contributed by atoms with Gasteiger partial charge in [0.25, 0.3) is 0 Å². The Morgan fingerprint density at radius 1 is 1.00 bits per heavy atom. The molecule has 0 saturated carbocycles. The lowest BCUT2D eigenvalue weighted by Crippen LogP contribution is -2.43. The minimum atomic E-state index is -1.12. The van der Waals surface area contributed by atoms with E-state index in [4.69, 9.17) is 4.74 Å². The predicted molar refractivity (Wildman–Crippen MR) is 134 cm³/mol. The molecule has 182 valence electrons. The van der Waals surface area contributed by atoms with Crippen LogP contribution in [0.25, 0.3) is 11.1 Å². The van der Waals surface area contributed by atoms with E-state index in [2.05, 4.69) is 34.9 Å². The molecule has 3 N–H and O–H groups in total. The van der Waals surface area contributed by atoms with Gasteiger partial charge in [-0.3, -0.25) is 4.79 Å². The zero-order valence-corrected chi connectivity index (χ0v) is 20.4. The van der Waals surface area contributed by atoms with Crippen molar-refractivity contribution in [3.8, 4) is 11.1 Å². The SMILES string of the molecule is CC(C)(CCNC(=O)OCC1c2ccccc2-c2ccccc21)C(=O)NC(C(=O)O)c1cccs1. The van der Waals surface area contributed by atoms with Gasteiger partial charge < -0.3 is 20.5 Å². The number of carbonyl (C=O) groups is 3. The second-order valence-corrected chi connectivity index (χ2v) is 10.1. The molecule has 1 aromatic heterocycles. The Morgan fingerprint density at radius 2 is 1.63 bits per heavy atom. The maximum absolute atomic E-state index is 12.8. The van der Waals surface area contributed by atoms with E-state index in [-0.39, 0.29) is 19.1 Å². The van der Waals surface area contributed by atoms with Crippen LogP contribution >= 0.6 is 11.3 Å². The summed E-state index contributed by atoms with van der Waals surface area (Å²) >= 11 is 1.27. The van der Waals surface area contributed by atoms with E-state index < -0.39 is 29.4 Å². The molecule has 0 spiro atoms. The van der Waals surface area contributed by atoms with Crippen LogP contribution in [0.15, 0.2) is 66.0 Å². The maximum atomic E-state index is 12.8. The molecule has 35 heavy (non-hydrogen) atoms. The second kappa shape index (κ2) is 10.3. The fourth-order valence-corrected chi connectivity index (χ4v) is 5.04. The average Bonchev–Trinajstić information content (AvgIpc) is 3.47. The van der Waals surface area contributed by atoms with Gasteiger partial charge in [0.15, 0.2) is 6.04 Å². The van der Waals surface area contributed by atoms with Crippen molar-refractivity contribution in [2.75, 3.05) is 13.2 Å². The van der Waals surface area contributed by atoms with Crippen LogP contribution in [0.5, 0.6) is 0 Å². The topological polar surface area (TPSA) is 105 Å². The molecule has 0 radical (unpaired) electrons. The number of amides is 2. The Bertz CT molecular complexity index is 1180. The van der Waals surface area contributed by atoms with Crippen LogP contribution in [-0.2, 0) is 14.3 Å². The Morgan fingerprint density at radius 3 is 2.20 bits per heavy atom. The summed E-state index contributed by atoms with van der Waals surface area (Å²) in [6.07, 6.45) is -0.232. The van der Waals surface area contributed by atoms with Crippen LogP contribution in [0.3, 0.4) is 0 Å². The lowest BCUT2D eigenvalue weighted by atomic mass is 9.88. The number of carboxylic acids is 1. The van der Waals surface area contributed by atoms with E-state index >= 15 is 0 Å². The highest BCUT2D eigenvalue weighted by Gasteiger charge is 2.33. The minimum absolute atomic E-state index is 0.0272. The van der Waals surface area contributed by atoms with Crippen molar-refractivity contribution in [3.63, 3.8) is 0 Å². The monoisotopic (exact) mass is 492 g/mol. The third kappa shape index (κ3) is 5.38. The van der Waals surface area contributed by atoms with Gasteiger partial charge in [0.2, 0.25) is 5.91 Å². The summed E-state index contributed by atoms with van der Waals surface area (Å²) in [5.74, 6) is -1.54. The third-order valence-electron chi connectivity index (χ3n) is 6.33. The molecule has 0 saturated heterocycles. The maximum Gasteiger partial charge on any atom is 0.407 e. The molecule has 2 amide bonds. The summed E-state index contributed by atoms with van der Waals surface area (Å²) in [5, 5.41) is 16.6. The van der Waals surface area contributed by atoms with Crippen LogP contribution in [-0.4, -0.2) is 36.2 Å². The van der Waals surface area contributed by atoms with E-state index in [0.717, 1.165) is 22.3 Å². The number of fused-ring (bicyclic) bond motifs is 3. The van der Waals surface area contributed by atoms with E-state index in [1.54, 1.807) is 31.4 Å². The molecule has 1 aliphatic rings. The number of benzene rings is 2. The molecule has 3 aromatic rings. The second-order valence-electron chi connectivity index (χ2n) is 9.15. The molecule has 1 atom stereocenters. The summed E-state index contributed by atoms with van der Waals surface area (Å²) in [6.45, 7) is 3.86. The number of rotatable bonds is 9. The molecular weight excluding hydrogens is 464 g/mol. The van der Waals surface area contributed by atoms with Gasteiger partial charge in [-0.15, -0.1) is 11.3 Å². The first-order valence-corrected chi connectivity index (χ1v) is 12.3. The van der Waals surface area contributed by atoms with Crippen LogP contribution in [0.4, 0.5) is 4.79 Å². The smallest absolute Gasteiger partial charge is 0.407 e. The first-order valence-electron chi connectivity index (χ1n) is 11.4. The van der Waals surface area contributed by atoms with E-state index in [0.29, 0.717) is 11.3 Å². The van der Waals surface area contributed by atoms with Crippen molar-refractivity contribution in [2.45, 2.75) is 32.2 Å². The molecular formula is C27H28N2O5S. The summed E-state index contributed by atoms with van der Waals surface area (Å²) in [7, 11) is 0. The molecule has 0 fully saturated rings. The molecule has 1 unspecified atom stereocenters. The summed E-state index contributed by atoms with van der Waals surface area (Å²) < 4.78 is 5.53. The van der Waals surface area contributed by atoms with Crippen LogP contribution < -0.4 is 10.6 Å². The Kier molecular flexibility index (Phi) is 7.21. The number of nitrogens with one attached hydrogen (secondary N) is 2. The van der Waals surface area contributed by atoms with Crippen molar-refractivity contribution in [2.24, 2.45) is 5.41 Å². The number of thiophene rings is 1. The first kappa shape index (κ1) is 24.5. The highest BCUT2D eigenvalue weighted by atomic mass is 32.1. The van der Waals surface area contributed by atoms with Crippen molar-refractivity contribution in [1.29, 1.82) is 0 Å². The standard InChI is InChI=1S/C27H28N2O5S/c1-27(2,25(32)29-23(24(30)31)22-12-7-15-35-22)13-14-28-26(33)34-16-21-19-10-5-3-8-17(19)18-9-4-6-11-20(18)21/h3-12,15,21,23H,13-14,16H2,1-2H3,(H,28,33)(H,29,32)(H,30,31). The quantitative estimate of drug-likeness (QED) is 0.392. The Hall–Kier alpha value is -3.65. The number of carboxylic acid groups (broad SMARTS) is 1. The molecule has 8 heteroatoms. The highest BCUT2D eigenvalue weighted by Crippen LogP contribution is 2.44. The number of ether oxygens (including phenoxy) is 1. The summed E-state index contributed by atoms with van der Waals surface area (Å²) in [4.78, 5) is 37.3. The van der Waals surface area contributed by atoms with E-state index in [1.807, 2.05) is 24.3 Å². The minimum Gasteiger partial charge on any atom is -0.479 e. The number of aliphatic carboxylic acids is 1. The summed E-state index contributed by atoms with van der Waals surface area (Å²) in [5.41, 5.74) is 3.71. The van der Waals surface area contributed by atoms with Crippen molar-refractivity contribution < 1.29 is 24.2 Å². The molecule has 4 rings (SSSR count). The van der Waals surface area contributed by atoms with Gasteiger partial charge in [0, 0.05) is 22.8 Å². The van der Waals surface area contributed by atoms with Gasteiger partial charge in [-0.25, -0.2) is 9.59 Å². The van der Waals surface area contributed by atoms with Gasteiger partial charge in [-0.05, 0) is 40.1 Å². The fourth-order valence-electron chi connectivity index (χ4n) is 4.28. The number of carbonyl (C=O) groups excluding carboxylic acids is 2. The molecule has 2 aromatic carbocycles. The number of alkyl carbamates (subject to hydrolysis) is 1. The molecule has 0 aliphatic heterocycles. The number of hydrogen-bond acceptors (Lipinski definition) is 5. The third-order valence-corrected chi connectivity index (χ3v) is 7.26. The fraction of sp³-hybridized carbons (Fsp3) is 0.296. The lowest BCUT2D eigenvalue weighted by Gasteiger charge is -2.25. The van der Waals surface area contributed by atoms with Gasteiger partial charge in [-0.2, -0.15) is 0 Å². The van der Waals surface area contributed by atoms with Crippen LogP contribution in [0.1, 0.15) is 48.2 Å². The van der Waals surface area contributed by atoms with Crippen molar-refractivity contribution in [1.82, 2.24) is 10.6 Å². The molecule has 7 nitrogen and oxygen atoms in total. The molecule has 1 heterocycles. The number of hydrogen-bond donors (Lipinski definition) is 3. The van der Waals surface area contributed by atoms with Gasteiger partial charge in [-0.1, -0.05) is 68.4 Å². The Labute approximate surface area is 208 Å². The lowest BCUT2D eigenvalue weighted by molar-refractivity contribution is -0.143. The van der Waals surface area contributed by atoms with Gasteiger partial charge >= 0.3 is 12.1 Å². The van der Waals surface area contributed by atoms with E-state index in [1.165, 1.54) is 11.3 Å². The van der Waals surface area contributed by atoms with Crippen molar-refractivity contribution in [3.05, 3.63) is 82.0 Å². The Balaban J connectivity index is 1.28. The predicted octanol–water partition coefficient (Wildman–Crippen LogP) is 4.95. The van der Waals surface area contributed by atoms with Crippen LogP contribution in [0.2, 0.25) is 0 Å². The van der Waals surface area contributed by atoms with Crippen molar-refractivity contribution >= 4 is 29.3 Å². The molecule has 0 bridgehead atoms. The van der Waals surface area contributed by atoms with Gasteiger partial charge in [0.05, 0.1) is 0 Å². The average molecular weight is 493 g/mol. The highest BCUT2D eigenvalue weighted by molar-refractivity contribution is 7.10. The molecule has 1 aliphatic carbocycles. The summed E-state index contributed by atoms with van der Waals surface area (Å²) in [6, 6.07) is 18.6.